The summed E-state index contributed by atoms with van der Waals surface area (Å²) in [4.78, 5) is 19.7. The van der Waals surface area contributed by atoms with Crippen molar-refractivity contribution < 1.29 is 9.32 Å². The largest absolute Gasteiger partial charge is 0.334 e. The van der Waals surface area contributed by atoms with Gasteiger partial charge in [0.05, 0.1) is 17.3 Å². The monoisotopic (exact) mass is 436 g/mol. The molecule has 164 valence electrons. The molecule has 1 aliphatic heterocycles. The second kappa shape index (κ2) is 8.39. The molecule has 6 heteroatoms. The lowest BCUT2D eigenvalue weighted by Gasteiger charge is -2.35. The van der Waals surface area contributed by atoms with Gasteiger partial charge in [-0.2, -0.15) is 4.98 Å². The Morgan fingerprint density at radius 2 is 1.64 bits per heavy atom. The molecule has 1 aliphatic rings. The summed E-state index contributed by atoms with van der Waals surface area (Å²) in [5.41, 5.74) is 6.34. The smallest absolute Gasteiger partial charge is 0.326 e. The van der Waals surface area contributed by atoms with Crippen molar-refractivity contribution in [1.29, 1.82) is 0 Å². The van der Waals surface area contributed by atoms with Crippen LogP contribution in [0, 0.1) is 13.8 Å². The second-order valence-corrected chi connectivity index (χ2v) is 8.26. The van der Waals surface area contributed by atoms with Crippen molar-refractivity contribution in [2.45, 2.75) is 26.8 Å². The number of aryl methyl sites for hydroxylation is 2. The number of urea groups is 1. The minimum absolute atomic E-state index is 0.199. The average Bonchev–Trinajstić information content (AvgIpc) is 3.30. The van der Waals surface area contributed by atoms with Crippen LogP contribution in [0.4, 0.5) is 10.5 Å². The number of carbonyl (C=O) groups excluding carboxylic acids is 1. The van der Waals surface area contributed by atoms with Gasteiger partial charge in [0.25, 0.3) is 5.89 Å². The maximum absolute atomic E-state index is 13.3. The van der Waals surface area contributed by atoms with Crippen LogP contribution in [0.15, 0.2) is 89.1 Å². The zero-order valence-electron chi connectivity index (χ0n) is 18.7. The van der Waals surface area contributed by atoms with Crippen LogP contribution >= 0.6 is 0 Å². The first-order valence-electron chi connectivity index (χ1n) is 10.9. The van der Waals surface area contributed by atoms with E-state index < -0.39 is 6.04 Å². The van der Waals surface area contributed by atoms with Crippen LogP contribution in [0.3, 0.4) is 0 Å². The van der Waals surface area contributed by atoms with E-state index in [0.29, 0.717) is 11.7 Å². The van der Waals surface area contributed by atoms with Crippen LogP contribution in [-0.4, -0.2) is 16.2 Å². The molecule has 0 aliphatic carbocycles. The van der Waals surface area contributed by atoms with E-state index in [-0.39, 0.29) is 6.03 Å². The zero-order chi connectivity index (χ0) is 22.9. The fraction of sp³-hybridized carbons (Fsp3) is 0.148. The lowest BCUT2D eigenvalue weighted by atomic mass is 9.94. The number of rotatable bonds is 4. The molecule has 1 aromatic heterocycles. The summed E-state index contributed by atoms with van der Waals surface area (Å²) in [6.07, 6.45) is 0. The fourth-order valence-electron chi connectivity index (χ4n) is 4.14. The molecule has 0 fully saturated rings. The third-order valence-corrected chi connectivity index (χ3v) is 5.84. The number of hydrogen-bond acceptors (Lipinski definition) is 4. The standard InChI is InChI=1S/C27H24N4O2/c1-17-12-14-20(15-13-17)24-23(26-29-25(30-33-26)21-9-5-4-6-10-21)19(3)31(27(32)28-24)22-11-7-8-18(2)16-22/h4-16,24H,1-3H3,(H,28,32). The molecule has 4 aromatic rings. The molecule has 0 saturated heterocycles. The molecule has 33 heavy (non-hydrogen) atoms. The van der Waals surface area contributed by atoms with Crippen molar-refractivity contribution in [3.05, 3.63) is 107 Å². The van der Waals surface area contributed by atoms with E-state index in [2.05, 4.69) is 10.5 Å². The van der Waals surface area contributed by atoms with E-state index in [9.17, 15) is 4.79 Å². The van der Waals surface area contributed by atoms with Gasteiger partial charge in [0.15, 0.2) is 0 Å². The summed E-state index contributed by atoms with van der Waals surface area (Å²) in [5.74, 6) is 0.891. The first-order valence-corrected chi connectivity index (χ1v) is 10.9. The predicted octanol–water partition coefficient (Wildman–Crippen LogP) is 6.06. The number of hydrogen-bond donors (Lipinski definition) is 1. The topological polar surface area (TPSA) is 71.3 Å². The zero-order valence-corrected chi connectivity index (χ0v) is 18.7. The molecule has 5 rings (SSSR count). The summed E-state index contributed by atoms with van der Waals surface area (Å²) in [6, 6.07) is 25.0. The van der Waals surface area contributed by atoms with Gasteiger partial charge in [-0.25, -0.2) is 4.79 Å². The molecule has 0 bridgehead atoms. The van der Waals surface area contributed by atoms with Crippen molar-refractivity contribution in [2.75, 3.05) is 4.90 Å². The Morgan fingerprint density at radius 1 is 0.879 bits per heavy atom. The van der Waals surface area contributed by atoms with Crippen molar-refractivity contribution in [2.24, 2.45) is 0 Å². The van der Waals surface area contributed by atoms with Crippen molar-refractivity contribution in [3.63, 3.8) is 0 Å². The van der Waals surface area contributed by atoms with Crippen LogP contribution in [0.1, 0.15) is 35.5 Å². The highest BCUT2D eigenvalue weighted by Gasteiger charge is 2.36. The van der Waals surface area contributed by atoms with Gasteiger partial charge in [0.2, 0.25) is 5.82 Å². The molecular weight excluding hydrogens is 412 g/mol. The molecule has 0 spiro atoms. The quantitative estimate of drug-likeness (QED) is 0.422. The maximum atomic E-state index is 13.3. The van der Waals surface area contributed by atoms with Gasteiger partial charge >= 0.3 is 6.03 Å². The minimum atomic E-state index is -0.414. The highest BCUT2D eigenvalue weighted by atomic mass is 16.5. The van der Waals surface area contributed by atoms with Gasteiger partial charge in [0.1, 0.15) is 0 Å². The normalized spacial score (nSPS) is 16.2. The highest BCUT2D eigenvalue weighted by Crippen LogP contribution is 2.39. The second-order valence-electron chi connectivity index (χ2n) is 8.26. The molecule has 0 radical (unpaired) electrons. The Bertz CT molecular complexity index is 1340. The lowest BCUT2D eigenvalue weighted by molar-refractivity contribution is 0.244. The van der Waals surface area contributed by atoms with E-state index in [1.165, 1.54) is 0 Å². The van der Waals surface area contributed by atoms with Gasteiger partial charge in [-0.3, -0.25) is 4.90 Å². The van der Waals surface area contributed by atoms with Crippen molar-refractivity contribution in [1.82, 2.24) is 15.5 Å². The van der Waals surface area contributed by atoms with E-state index in [4.69, 9.17) is 9.51 Å². The van der Waals surface area contributed by atoms with E-state index in [1.807, 2.05) is 99.6 Å². The Kier molecular flexibility index (Phi) is 5.26. The maximum Gasteiger partial charge on any atom is 0.326 e. The predicted molar refractivity (Wildman–Crippen MR) is 128 cm³/mol. The molecule has 3 aromatic carbocycles. The van der Waals surface area contributed by atoms with Crippen LogP contribution in [0.25, 0.3) is 17.0 Å². The number of carbonyl (C=O) groups is 1. The van der Waals surface area contributed by atoms with Crippen LogP contribution in [0.5, 0.6) is 0 Å². The number of amides is 2. The number of aromatic nitrogens is 2. The molecule has 6 nitrogen and oxygen atoms in total. The third-order valence-electron chi connectivity index (χ3n) is 5.84. The number of nitrogens with one attached hydrogen (secondary N) is 1. The number of benzene rings is 3. The van der Waals surface area contributed by atoms with Gasteiger partial charge in [0, 0.05) is 11.3 Å². The molecule has 0 saturated carbocycles. The van der Waals surface area contributed by atoms with Gasteiger partial charge in [-0.15, -0.1) is 0 Å². The average molecular weight is 437 g/mol. The Hall–Kier alpha value is -4.19. The molecule has 2 amide bonds. The van der Waals surface area contributed by atoms with Gasteiger partial charge in [-0.1, -0.05) is 77.5 Å². The van der Waals surface area contributed by atoms with Crippen molar-refractivity contribution in [3.8, 4) is 11.4 Å². The first kappa shape index (κ1) is 20.7. The third kappa shape index (κ3) is 3.91. The summed E-state index contributed by atoms with van der Waals surface area (Å²) in [5, 5.41) is 7.37. The summed E-state index contributed by atoms with van der Waals surface area (Å²) >= 11 is 0. The summed E-state index contributed by atoms with van der Waals surface area (Å²) in [6.45, 7) is 5.96. The molecule has 1 N–H and O–H groups in total. The van der Waals surface area contributed by atoms with E-state index in [1.54, 1.807) is 4.90 Å². The molecule has 2 heterocycles. The fourth-order valence-corrected chi connectivity index (χ4v) is 4.14. The van der Waals surface area contributed by atoms with E-state index in [0.717, 1.165) is 39.2 Å². The van der Waals surface area contributed by atoms with Crippen LogP contribution < -0.4 is 10.2 Å². The summed E-state index contributed by atoms with van der Waals surface area (Å²) < 4.78 is 5.75. The van der Waals surface area contributed by atoms with Gasteiger partial charge in [-0.05, 0) is 44.0 Å². The Labute approximate surface area is 192 Å². The number of allylic oxidation sites excluding steroid dienone is 1. The first-order chi connectivity index (χ1) is 16.0. The van der Waals surface area contributed by atoms with Crippen LogP contribution in [0.2, 0.25) is 0 Å². The Morgan fingerprint density at radius 3 is 2.36 bits per heavy atom. The summed E-state index contributed by atoms with van der Waals surface area (Å²) in [7, 11) is 0. The Balaban J connectivity index is 1.66. The minimum Gasteiger partial charge on any atom is -0.334 e. The van der Waals surface area contributed by atoms with E-state index >= 15 is 0 Å². The number of nitrogens with zero attached hydrogens (tertiary/aromatic N) is 3. The molecule has 1 atom stereocenters. The number of anilines is 1. The lowest BCUT2D eigenvalue weighted by Crippen LogP contribution is -2.46. The highest BCUT2D eigenvalue weighted by molar-refractivity contribution is 6.01. The van der Waals surface area contributed by atoms with Crippen molar-refractivity contribution >= 4 is 17.3 Å². The van der Waals surface area contributed by atoms with Gasteiger partial charge < -0.3 is 9.84 Å². The SMILES string of the molecule is CC1=C(c2nc(-c3ccccc3)no2)C(c2ccc(C)cc2)NC(=O)N1c1cccc(C)c1. The molecule has 1 unspecified atom stereocenters. The molecular formula is C27H24N4O2. The van der Waals surface area contributed by atoms with Crippen LogP contribution in [-0.2, 0) is 0 Å².